The van der Waals surface area contributed by atoms with Crippen molar-refractivity contribution < 1.29 is 42.1 Å². The number of alkyl halides is 3. The van der Waals surface area contributed by atoms with Gasteiger partial charge >= 0.3 is 18.4 Å². The van der Waals surface area contributed by atoms with Crippen molar-refractivity contribution in [2.75, 3.05) is 49.2 Å². The molecule has 0 unspecified atom stereocenters. The Labute approximate surface area is 218 Å². The summed E-state index contributed by atoms with van der Waals surface area (Å²) in [5, 5.41) is 8.88. The molecule has 1 aromatic carbocycles. The van der Waals surface area contributed by atoms with E-state index in [1.165, 1.54) is 6.07 Å². The minimum Gasteiger partial charge on any atom is -0.465 e. The Balaban J connectivity index is 1.99. The van der Waals surface area contributed by atoms with Crippen molar-refractivity contribution >= 4 is 52.5 Å². The second kappa shape index (κ2) is 11.8. The molecule has 200 valence electrons. The minimum atomic E-state index is -5.15. The highest BCUT2D eigenvalue weighted by atomic mass is 35.5. The lowest BCUT2D eigenvalue weighted by Crippen LogP contribution is -2.36. The lowest BCUT2D eigenvalue weighted by Gasteiger charge is -2.26. The first kappa shape index (κ1) is 28.2. The Morgan fingerprint density at radius 1 is 1.19 bits per heavy atom. The highest BCUT2D eigenvalue weighted by Gasteiger charge is 2.37. The molecule has 11 nitrogen and oxygen atoms in total. The number of urea groups is 1. The normalized spacial score (nSPS) is 13.6. The Bertz CT molecular complexity index is 1170. The van der Waals surface area contributed by atoms with E-state index in [4.69, 9.17) is 27.9 Å². The van der Waals surface area contributed by atoms with Gasteiger partial charge in [0.2, 0.25) is 0 Å². The lowest BCUT2D eigenvalue weighted by atomic mass is 10.2. The highest BCUT2D eigenvalue weighted by molar-refractivity contribution is 6.39. The topological polar surface area (TPSA) is 125 Å². The van der Waals surface area contributed by atoms with E-state index in [9.17, 15) is 32.7 Å². The van der Waals surface area contributed by atoms with Crippen LogP contribution in [0.4, 0.5) is 29.3 Å². The minimum absolute atomic E-state index is 0.0440. The smallest absolute Gasteiger partial charge is 0.465 e. The molecule has 0 spiro atoms. The van der Waals surface area contributed by atoms with Crippen LogP contribution in [0.15, 0.2) is 24.5 Å². The van der Waals surface area contributed by atoms with Gasteiger partial charge in [-0.15, -0.1) is 13.2 Å². The van der Waals surface area contributed by atoms with Gasteiger partial charge in [0.05, 0.1) is 18.9 Å². The van der Waals surface area contributed by atoms with Gasteiger partial charge in [-0.3, -0.25) is 14.5 Å². The van der Waals surface area contributed by atoms with Crippen LogP contribution < -0.4 is 14.5 Å². The van der Waals surface area contributed by atoms with Gasteiger partial charge in [-0.05, 0) is 19.1 Å². The van der Waals surface area contributed by atoms with Crippen LogP contribution in [0.3, 0.4) is 0 Å². The number of esters is 1. The van der Waals surface area contributed by atoms with Crippen LogP contribution in [0.2, 0.25) is 10.3 Å². The first-order valence-corrected chi connectivity index (χ1v) is 11.4. The van der Waals surface area contributed by atoms with Crippen LogP contribution in [-0.2, 0) is 9.53 Å². The lowest BCUT2D eigenvalue weighted by molar-refractivity contribution is -0.274. The second-order valence-electron chi connectivity index (χ2n) is 7.37. The number of ether oxygens (including phenoxy) is 2. The van der Waals surface area contributed by atoms with Crippen molar-refractivity contribution in [1.82, 2.24) is 14.9 Å². The predicted octanol–water partition coefficient (Wildman–Crippen LogP) is 3.13. The Morgan fingerprint density at radius 3 is 2.46 bits per heavy atom. The van der Waals surface area contributed by atoms with Gasteiger partial charge in [-0.2, -0.15) is 0 Å². The molecule has 3 amide bonds. The molecule has 0 saturated carbocycles. The van der Waals surface area contributed by atoms with Gasteiger partial charge in [-0.25, -0.2) is 14.8 Å². The number of aliphatic hydroxyl groups excluding tert-OH is 1. The molecule has 2 aromatic rings. The zero-order chi connectivity index (χ0) is 27.3. The molecule has 1 N–H and O–H groups in total. The molecule has 0 atom stereocenters. The van der Waals surface area contributed by atoms with Crippen LogP contribution in [0.5, 0.6) is 5.75 Å². The predicted molar refractivity (Wildman–Crippen MR) is 125 cm³/mol. The number of anilines is 2. The standard InChI is InChI=1S/C21H20Cl2F3N5O6/c1-2-36-15(33)10-29-5-6-31(20(29)35)13-4-3-12(9-14(13)37-21(24,25)26)30(7-8-32)19(34)16-17(22)27-11-28-18(16)23/h3-4,9,11,32H,2,5-8,10H2,1H3. The fourth-order valence-corrected chi connectivity index (χ4v) is 4.00. The summed E-state index contributed by atoms with van der Waals surface area (Å²) in [6.45, 7) is 0.388. The third-order valence-electron chi connectivity index (χ3n) is 5.03. The van der Waals surface area contributed by atoms with E-state index in [0.29, 0.717) is 0 Å². The van der Waals surface area contributed by atoms with Gasteiger partial charge in [0.1, 0.15) is 28.7 Å². The first-order valence-electron chi connectivity index (χ1n) is 10.7. The molecule has 16 heteroatoms. The van der Waals surface area contributed by atoms with Crippen molar-refractivity contribution in [2.24, 2.45) is 0 Å². The van der Waals surface area contributed by atoms with Crippen LogP contribution in [0.1, 0.15) is 17.3 Å². The summed E-state index contributed by atoms with van der Waals surface area (Å²) in [7, 11) is 0. The Morgan fingerprint density at radius 2 is 1.86 bits per heavy atom. The van der Waals surface area contributed by atoms with E-state index in [-0.39, 0.29) is 60.0 Å². The van der Waals surface area contributed by atoms with Gasteiger partial charge < -0.3 is 24.4 Å². The average Bonchev–Trinajstić information content (AvgIpc) is 3.16. The highest BCUT2D eigenvalue weighted by Crippen LogP contribution is 2.38. The number of amides is 3. The molecule has 1 saturated heterocycles. The number of benzene rings is 1. The quantitative estimate of drug-likeness (QED) is 0.363. The van der Waals surface area contributed by atoms with Gasteiger partial charge in [0.25, 0.3) is 5.91 Å². The van der Waals surface area contributed by atoms with Crippen LogP contribution >= 0.6 is 23.2 Å². The summed E-state index contributed by atoms with van der Waals surface area (Å²) >= 11 is 11.9. The van der Waals surface area contributed by atoms with Crippen molar-refractivity contribution in [1.29, 1.82) is 0 Å². The fourth-order valence-electron chi connectivity index (χ4n) is 3.52. The summed E-state index contributed by atoms with van der Waals surface area (Å²) in [5.74, 6) is -2.36. The SMILES string of the molecule is CCOC(=O)CN1CCN(c2ccc(N(CCO)C(=O)c3c(Cl)ncnc3Cl)cc2OC(F)(F)F)C1=O. The summed E-state index contributed by atoms with van der Waals surface area (Å²) in [6, 6.07) is 2.53. The van der Waals surface area contributed by atoms with Gasteiger partial charge in [0.15, 0.2) is 5.75 Å². The second-order valence-corrected chi connectivity index (χ2v) is 8.09. The van der Waals surface area contributed by atoms with Crippen molar-refractivity contribution in [3.8, 4) is 5.75 Å². The summed E-state index contributed by atoms with van der Waals surface area (Å²) in [6.07, 6.45) is -4.13. The molecule has 0 aliphatic carbocycles. The monoisotopic (exact) mass is 565 g/mol. The molecule has 1 aliphatic rings. The number of halogens is 5. The maximum absolute atomic E-state index is 13.3. The molecule has 1 fully saturated rings. The molecule has 1 aromatic heterocycles. The Hall–Kier alpha value is -3.36. The van der Waals surface area contributed by atoms with E-state index in [2.05, 4.69) is 14.7 Å². The number of hydrogen-bond acceptors (Lipinski definition) is 8. The summed E-state index contributed by atoms with van der Waals surface area (Å²) in [5.41, 5.74) is -0.716. The van der Waals surface area contributed by atoms with Crippen molar-refractivity contribution in [3.63, 3.8) is 0 Å². The molecule has 0 bridgehead atoms. The first-order chi connectivity index (χ1) is 17.5. The third-order valence-corrected chi connectivity index (χ3v) is 5.60. The maximum atomic E-state index is 13.3. The fraction of sp³-hybridized carbons (Fsp3) is 0.381. The van der Waals surface area contributed by atoms with Crippen LogP contribution in [0.25, 0.3) is 0 Å². The van der Waals surface area contributed by atoms with E-state index in [0.717, 1.165) is 33.2 Å². The number of aliphatic hydroxyl groups is 1. The van der Waals surface area contributed by atoms with Gasteiger partial charge in [0, 0.05) is 31.4 Å². The number of carbonyl (C=O) groups excluding carboxylic acids is 3. The number of aromatic nitrogens is 2. The maximum Gasteiger partial charge on any atom is 0.573 e. The summed E-state index contributed by atoms with van der Waals surface area (Å²) < 4.78 is 48.8. The van der Waals surface area contributed by atoms with Crippen molar-refractivity contribution in [3.05, 3.63) is 40.4 Å². The van der Waals surface area contributed by atoms with E-state index < -0.39 is 36.6 Å². The van der Waals surface area contributed by atoms with Crippen LogP contribution in [0, 0.1) is 0 Å². The third kappa shape index (κ3) is 6.70. The molecule has 2 heterocycles. The molecule has 0 radical (unpaired) electrons. The number of hydrogen-bond donors (Lipinski definition) is 1. The zero-order valence-corrected chi connectivity index (χ0v) is 20.7. The largest absolute Gasteiger partial charge is 0.573 e. The van der Waals surface area contributed by atoms with E-state index >= 15 is 0 Å². The number of carbonyl (C=O) groups is 3. The Kier molecular flexibility index (Phi) is 8.99. The van der Waals surface area contributed by atoms with Crippen molar-refractivity contribution in [2.45, 2.75) is 13.3 Å². The average molecular weight is 566 g/mol. The van der Waals surface area contributed by atoms with Gasteiger partial charge in [-0.1, -0.05) is 23.2 Å². The number of nitrogens with zero attached hydrogens (tertiary/aromatic N) is 5. The molecule has 1 aliphatic heterocycles. The zero-order valence-electron chi connectivity index (χ0n) is 19.2. The number of rotatable bonds is 9. The molecule has 37 heavy (non-hydrogen) atoms. The van der Waals surface area contributed by atoms with E-state index in [1.54, 1.807) is 6.92 Å². The van der Waals surface area contributed by atoms with Crippen LogP contribution in [-0.4, -0.2) is 83.6 Å². The molecular weight excluding hydrogens is 546 g/mol. The van der Waals surface area contributed by atoms with E-state index in [1.807, 2.05) is 0 Å². The molecular formula is C21H20Cl2F3N5O6. The molecule has 3 rings (SSSR count). The summed E-state index contributed by atoms with van der Waals surface area (Å²) in [4.78, 5) is 48.1.